The average Bonchev–Trinajstić information content (AvgIpc) is 2.68. The molecular formula is C16H32N2. The lowest BCUT2D eigenvalue weighted by Gasteiger charge is -2.28. The van der Waals surface area contributed by atoms with E-state index in [-0.39, 0.29) is 0 Å². The molecule has 2 aliphatic rings. The average molecular weight is 252 g/mol. The zero-order valence-electron chi connectivity index (χ0n) is 12.4. The smallest absolute Gasteiger partial charge is 0.00822 e. The van der Waals surface area contributed by atoms with Crippen molar-refractivity contribution >= 4 is 0 Å². The Labute approximate surface area is 113 Å². The number of rotatable bonds is 5. The molecule has 3 atom stereocenters. The first-order chi connectivity index (χ1) is 8.75. The van der Waals surface area contributed by atoms with Crippen LogP contribution in [0.25, 0.3) is 0 Å². The molecule has 0 aromatic carbocycles. The molecule has 2 nitrogen and oxygen atoms in total. The molecule has 2 rings (SSSR count). The molecule has 0 radical (unpaired) electrons. The minimum absolute atomic E-state index is 0.666. The van der Waals surface area contributed by atoms with Crippen LogP contribution in [-0.4, -0.2) is 24.7 Å². The van der Waals surface area contributed by atoms with Gasteiger partial charge >= 0.3 is 0 Å². The molecule has 1 saturated heterocycles. The summed E-state index contributed by atoms with van der Waals surface area (Å²) in [4.78, 5) is 0. The lowest BCUT2D eigenvalue weighted by molar-refractivity contribution is 0.300. The highest BCUT2D eigenvalue weighted by Gasteiger charge is 2.22. The van der Waals surface area contributed by atoms with E-state index in [9.17, 15) is 0 Å². The third-order valence-electron chi connectivity index (χ3n) is 4.95. The molecule has 0 aromatic heterocycles. The third kappa shape index (κ3) is 4.55. The Kier molecular flexibility index (Phi) is 5.97. The second-order valence-electron chi connectivity index (χ2n) is 6.64. The summed E-state index contributed by atoms with van der Waals surface area (Å²) in [6, 6.07) is 2.15. The van der Waals surface area contributed by atoms with Crippen LogP contribution in [0.2, 0.25) is 0 Å². The molecule has 1 aliphatic heterocycles. The van der Waals surface area contributed by atoms with Crippen LogP contribution >= 0.6 is 0 Å². The van der Waals surface area contributed by atoms with Gasteiger partial charge < -0.3 is 10.6 Å². The maximum absolute atomic E-state index is 3.86. The van der Waals surface area contributed by atoms with Crippen molar-refractivity contribution in [3.8, 4) is 0 Å². The van der Waals surface area contributed by atoms with Crippen LogP contribution in [-0.2, 0) is 0 Å². The third-order valence-corrected chi connectivity index (χ3v) is 4.95. The van der Waals surface area contributed by atoms with Crippen molar-refractivity contribution in [3.63, 3.8) is 0 Å². The van der Waals surface area contributed by atoms with E-state index in [4.69, 9.17) is 0 Å². The summed E-state index contributed by atoms with van der Waals surface area (Å²) >= 11 is 0. The van der Waals surface area contributed by atoms with Gasteiger partial charge in [0.1, 0.15) is 0 Å². The largest absolute Gasteiger partial charge is 0.314 e. The number of hydrogen-bond donors (Lipinski definition) is 2. The Morgan fingerprint density at radius 1 is 1.00 bits per heavy atom. The van der Waals surface area contributed by atoms with Gasteiger partial charge in [-0.3, -0.25) is 0 Å². The highest BCUT2D eigenvalue weighted by atomic mass is 15.0. The summed E-state index contributed by atoms with van der Waals surface area (Å²) < 4.78 is 0. The molecule has 0 aromatic rings. The van der Waals surface area contributed by atoms with Crippen LogP contribution in [0.5, 0.6) is 0 Å². The molecule has 0 bridgehead atoms. The van der Waals surface area contributed by atoms with E-state index in [1.807, 2.05) is 0 Å². The van der Waals surface area contributed by atoms with E-state index in [0.29, 0.717) is 12.1 Å². The van der Waals surface area contributed by atoms with Gasteiger partial charge in [-0.1, -0.05) is 25.7 Å². The predicted octanol–water partition coefficient (Wildman–Crippen LogP) is 3.47. The van der Waals surface area contributed by atoms with E-state index in [1.165, 1.54) is 64.3 Å². The maximum Gasteiger partial charge on any atom is 0.00822 e. The number of nitrogens with one attached hydrogen (secondary N) is 2. The molecule has 2 fully saturated rings. The van der Waals surface area contributed by atoms with Crippen LogP contribution in [0.3, 0.4) is 0 Å². The van der Waals surface area contributed by atoms with E-state index in [2.05, 4.69) is 24.5 Å². The fourth-order valence-electron chi connectivity index (χ4n) is 3.85. The quantitative estimate of drug-likeness (QED) is 0.732. The van der Waals surface area contributed by atoms with Gasteiger partial charge in [-0.2, -0.15) is 0 Å². The van der Waals surface area contributed by atoms with Crippen LogP contribution in [0.15, 0.2) is 0 Å². The first-order valence-electron chi connectivity index (χ1n) is 8.25. The molecule has 2 unspecified atom stereocenters. The van der Waals surface area contributed by atoms with Crippen molar-refractivity contribution in [1.82, 2.24) is 10.6 Å². The van der Waals surface area contributed by atoms with Gasteiger partial charge in [0, 0.05) is 18.1 Å². The van der Waals surface area contributed by atoms with E-state index < -0.39 is 0 Å². The fourth-order valence-corrected chi connectivity index (χ4v) is 3.85. The van der Waals surface area contributed by atoms with Crippen molar-refractivity contribution in [2.45, 2.75) is 89.8 Å². The Morgan fingerprint density at radius 2 is 1.72 bits per heavy atom. The maximum atomic E-state index is 3.86. The van der Waals surface area contributed by atoms with Gasteiger partial charge in [0.2, 0.25) is 0 Å². The van der Waals surface area contributed by atoms with Gasteiger partial charge in [0.15, 0.2) is 0 Å². The van der Waals surface area contributed by atoms with Gasteiger partial charge in [0.05, 0.1) is 0 Å². The Hall–Kier alpha value is -0.0800. The summed E-state index contributed by atoms with van der Waals surface area (Å²) in [5.74, 6) is 0.923. The summed E-state index contributed by atoms with van der Waals surface area (Å²) in [5.41, 5.74) is 0. The second-order valence-corrected chi connectivity index (χ2v) is 6.64. The van der Waals surface area contributed by atoms with Gasteiger partial charge in [0.25, 0.3) is 0 Å². The molecular weight excluding hydrogens is 220 g/mol. The van der Waals surface area contributed by atoms with Crippen molar-refractivity contribution in [2.75, 3.05) is 6.54 Å². The molecule has 2 heteroatoms. The Balaban J connectivity index is 1.69. The Bertz CT molecular complexity index is 215. The normalized spacial score (nSPS) is 30.0. The molecule has 18 heavy (non-hydrogen) atoms. The summed E-state index contributed by atoms with van der Waals surface area (Å²) in [6.07, 6.45) is 12.8. The van der Waals surface area contributed by atoms with E-state index in [1.54, 1.807) is 0 Å². The minimum atomic E-state index is 0.666. The molecule has 0 spiro atoms. The first kappa shape index (κ1) is 14.3. The molecule has 106 valence electrons. The second kappa shape index (κ2) is 7.49. The fraction of sp³-hybridized carbons (Fsp3) is 1.00. The number of hydrogen-bond acceptors (Lipinski definition) is 2. The van der Waals surface area contributed by atoms with Crippen LogP contribution in [0.4, 0.5) is 0 Å². The Morgan fingerprint density at radius 3 is 2.33 bits per heavy atom. The monoisotopic (exact) mass is 252 g/mol. The molecule has 0 amide bonds. The molecule has 1 aliphatic carbocycles. The van der Waals surface area contributed by atoms with Crippen LogP contribution in [0.1, 0.15) is 71.6 Å². The van der Waals surface area contributed by atoms with Gasteiger partial charge in [-0.05, 0) is 58.4 Å². The van der Waals surface area contributed by atoms with Crippen molar-refractivity contribution in [3.05, 3.63) is 0 Å². The van der Waals surface area contributed by atoms with Crippen LogP contribution < -0.4 is 10.6 Å². The highest BCUT2D eigenvalue weighted by molar-refractivity contribution is 4.82. The molecule has 1 heterocycles. The zero-order valence-corrected chi connectivity index (χ0v) is 12.4. The molecule has 2 N–H and O–H groups in total. The first-order valence-corrected chi connectivity index (χ1v) is 8.25. The predicted molar refractivity (Wildman–Crippen MR) is 78.9 cm³/mol. The summed E-state index contributed by atoms with van der Waals surface area (Å²) in [5, 5.41) is 7.47. The van der Waals surface area contributed by atoms with Gasteiger partial charge in [-0.25, -0.2) is 0 Å². The summed E-state index contributed by atoms with van der Waals surface area (Å²) in [7, 11) is 0. The molecule has 1 saturated carbocycles. The van der Waals surface area contributed by atoms with Crippen molar-refractivity contribution in [2.24, 2.45) is 5.92 Å². The van der Waals surface area contributed by atoms with E-state index in [0.717, 1.165) is 12.0 Å². The summed E-state index contributed by atoms with van der Waals surface area (Å²) in [6.45, 7) is 6.01. The van der Waals surface area contributed by atoms with Crippen molar-refractivity contribution < 1.29 is 0 Å². The lowest BCUT2D eigenvalue weighted by Crippen LogP contribution is -2.42. The lowest BCUT2D eigenvalue weighted by atomic mass is 9.92. The highest BCUT2D eigenvalue weighted by Crippen LogP contribution is 2.26. The topological polar surface area (TPSA) is 24.1 Å². The van der Waals surface area contributed by atoms with Crippen LogP contribution in [0, 0.1) is 5.92 Å². The SMILES string of the molecule is CC(CC1CCCN1)N[C@@H](C)C1CCCCCC1. The standard InChI is InChI=1S/C16H32N2/c1-13(12-16-10-7-11-17-16)18-14(2)15-8-5-3-4-6-9-15/h13-18H,3-12H2,1-2H3/t13?,14-,16?/m0/s1. The minimum Gasteiger partial charge on any atom is -0.314 e. The zero-order chi connectivity index (χ0) is 12.8. The van der Waals surface area contributed by atoms with Gasteiger partial charge in [-0.15, -0.1) is 0 Å². The van der Waals surface area contributed by atoms with E-state index >= 15 is 0 Å². The van der Waals surface area contributed by atoms with Crippen molar-refractivity contribution in [1.29, 1.82) is 0 Å².